The molecular formula is C11H18N4O2. The number of aromatic nitrogens is 2. The molecule has 0 spiro atoms. The van der Waals surface area contributed by atoms with Gasteiger partial charge in [0.1, 0.15) is 0 Å². The lowest BCUT2D eigenvalue weighted by molar-refractivity contribution is -0.119. The fraction of sp³-hybridized carbons (Fsp3) is 0.545. The van der Waals surface area contributed by atoms with Gasteiger partial charge in [0.25, 0.3) is 0 Å². The highest BCUT2D eigenvalue weighted by molar-refractivity contribution is 5.80. The first kappa shape index (κ1) is 13.4. The van der Waals surface area contributed by atoms with Crippen LogP contribution in [0.4, 0.5) is 5.95 Å². The third-order valence-electron chi connectivity index (χ3n) is 2.12. The van der Waals surface area contributed by atoms with Gasteiger partial charge in [-0.05, 0) is 12.5 Å². The van der Waals surface area contributed by atoms with E-state index < -0.39 is 0 Å². The van der Waals surface area contributed by atoms with E-state index in [1.807, 2.05) is 0 Å². The molecule has 0 aromatic carbocycles. The zero-order valence-electron chi connectivity index (χ0n) is 10.2. The topological polar surface area (TPSA) is 67.3 Å². The average molecular weight is 238 g/mol. The minimum Gasteiger partial charge on any atom is -0.385 e. The highest BCUT2D eigenvalue weighted by Crippen LogP contribution is 2.00. The molecule has 0 radical (unpaired) electrons. The highest BCUT2D eigenvalue weighted by Gasteiger charge is 2.08. The summed E-state index contributed by atoms with van der Waals surface area (Å²) < 4.78 is 4.89. The predicted octanol–water partition coefficient (Wildman–Crippen LogP) is 0.0655. The molecule has 6 nitrogen and oxygen atoms in total. The van der Waals surface area contributed by atoms with E-state index in [0.29, 0.717) is 19.1 Å². The van der Waals surface area contributed by atoms with Crippen molar-refractivity contribution in [1.29, 1.82) is 0 Å². The molecule has 1 N–H and O–H groups in total. The number of nitrogens with one attached hydrogen (secondary N) is 1. The van der Waals surface area contributed by atoms with Crippen LogP contribution >= 0.6 is 0 Å². The van der Waals surface area contributed by atoms with Crippen LogP contribution in [0.15, 0.2) is 18.5 Å². The van der Waals surface area contributed by atoms with Crippen molar-refractivity contribution in [3.05, 3.63) is 18.5 Å². The van der Waals surface area contributed by atoms with Gasteiger partial charge >= 0.3 is 0 Å². The lowest BCUT2D eigenvalue weighted by atomic mass is 10.4. The molecule has 0 saturated carbocycles. The molecule has 0 aliphatic rings. The van der Waals surface area contributed by atoms with Crippen molar-refractivity contribution >= 4 is 11.9 Å². The van der Waals surface area contributed by atoms with Crippen LogP contribution in [-0.4, -0.2) is 49.7 Å². The summed E-state index contributed by atoms with van der Waals surface area (Å²) in [5.41, 5.74) is 0. The van der Waals surface area contributed by atoms with Gasteiger partial charge in [0.05, 0.1) is 6.54 Å². The SMILES string of the molecule is COCCCNC(=O)CN(C)c1ncccn1. The Labute approximate surface area is 101 Å². The average Bonchev–Trinajstić information content (AvgIpc) is 2.36. The van der Waals surface area contributed by atoms with Crippen LogP contribution in [-0.2, 0) is 9.53 Å². The molecule has 0 saturated heterocycles. The number of carbonyl (C=O) groups is 1. The van der Waals surface area contributed by atoms with Gasteiger partial charge < -0.3 is 15.0 Å². The summed E-state index contributed by atoms with van der Waals surface area (Å²) in [5.74, 6) is 0.496. The van der Waals surface area contributed by atoms with E-state index in [1.54, 1.807) is 37.5 Å². The van der Waals surface area contributed by atoms with Gasteiger partial charge in [0.15, 0.2) is 0 Å². The van der Waals surface area contributed by atoms with Gasteiger partial charge in [-0.2, -0.15) is 0 Å². The van der Waals surface area contributed by atoms with Crippen molar-refractivity contribution in [3.63, 3.8) is 0 Å². The molecule has 94 valence electrons. The molecule has 0 aliphatic carbocycles. The maximum atomic E-state index is 11.5. The van der Waals surface area contributed by atoms with Crippen LogP contribution in [0.3, 0.4) is 0 Å². The molecule has 17 heavy (non-hydrogen) atoms. The van der Waals surface area contributed by atoms with Gasteiger partial charge in [-0.3, -0.25) is 4.79 Å². The lowest BCUT2D eigenvalue weighted by Gasteiger charge is -2.15. The number of carbonyl (C=O) groups excluding carboxylic acids is 1. The molecule has 0 fully saturated rings. The van der Waals surface area contributed by atoms with Crippen molar-refractivity contribution < 1.29 is 9.53 Å². The molecular weight excluding hydrogens is 220 g/mol. The largest absolute Gasteiger partial charge is 0.385 e. The van der Waals surface area contributed by atoms with Gasteiger partial charge in [0.2, 0.25) is 11.9 Å². The molecule has 0 bridgehead atoms. The van der Waals surface area contributed by atoms with Crippen molar-refractivity contribution in [2.24, 2.45) is 0 Å². The Bertz CT molecular complexity index is 332. The molecule has 0 unspecified atom stereocenters. The minimum atomic E-state index is -0.0453. The Hall–Kier alpha value is -1.69. The van der Waals surface area contributed by atoms with Gasteiger partial charge in [0, 0.05) is 39.7 Å². The molecule has 1 heterocycles. The fourth-order valence-corrected chi connectivity index (χ4v) is 1.27. The van der Waals surface area contributed by atoms with E-state index in [9.17, 15) is 4.79 Å². The Kier molecular flexibility index (Phi) is 5.95. The maximum absolute atomic E-state index is 11.5. The lowest BCUT2D eigenvalue weighted by Crippen LogP contribution is -2.36. The molecule has 6 heteroatoms. The number of anilines is 1. The first-order chi connectivity index (χ1) is 8.24. The summed E-state index contributed by atoms with van der Waals surface area (Å²) >= 11 is 0. The van der Waals surface area contributed by atoms with E-state index in [1.165, 1.54) is 0 Å². The maximum Gasteiger partial charge on any atom is 0.239 e. The zero-order chi connectivity index (χ0) is 12.5. The summed E-state index contributed by atoms with van der Waals surface area (Å²) in [6, 6.07) is 1.74. The standard InChI is InChI=1S/C11H18N4O2/c1-15(11-13-5-3-6-14-11)9-10(16)12-7-4-8-17-2/h3,5-6H,4,7-9H2,1-2H3,(H,12,16). The van der Waals surface area contributed by atoms with Gasteiger partial charge in [-0.1, -0.05) is 0 Å². The van der Waals surface area contributed by atoms with Crippen molar-refractivity contribution in [2.45, 2.75) is 6.42 Å². The number of rotatable bonds is 7. The Balaban J connectivity index is 2.26. The quantitative estimate of drug-likeness (QED) is 0.681. The summed E-state index contributed by atoms with van der Waals surface area (Å²) in [6.45, 7) is 1.52. The van der Waals surface area contributed by atoms with E-state index >= 15 is 0 Å². The highest BCUT2D eigenvalue weighted by atomic mass is 16.5. The Morgan fingerprint density at radius 3 is 2.82 bits per heavy atom. The van der Waals surface area contributed by atoms with E-state index in [2.05, 4.69) is 15.3 Å². The Morgan fingerprint density at radius 1 is 1.47 bits per heavy atom. The molecule has 0 atom stereocenters. The number of amides is 1. The normalized spacial score (nSPS) is 10.0. The Morgan fingerprint density at radius 2 is 2.18 bits per heavy atom. The van der Waals surface area contributed by atoms with Crippen LogP contribution in [0.25, 0.3) is 0 Å². The second-order valence-electron chi connectivity index (χ2n) is 3.60. The van der Waals surface area contributed by atoms with Crippen LogP contribution in [0, 0.1) is 0 Å². The smallest absolute Gasteiger partial charge is 0.239 e. The number of hydrogen-bond donors (Lipinski definition) is 1. The van der Waals surface area contributed by atoms with Crippen LogP contribution in [0.5, 0.6) is 0 Å². The summed E-state index contributed by atoms with van der Waals surface area (Å²) in [4.78, 5) is 21.4. The van der Waals surface area contributed by atoms with Crippen molar-refractivity contribution in [3.8, 4) is 0 Å². The summed E-state index contributed by atoms with van der Waals surface area (Å²) in [5, 5.41) is 2.80. The molecule has 1 aromatic heterocycles. The van der Waals surface area contributed by atoms with Crippen LogP contribution < -0.4 is 10.2 Å². The zero-order valence-corrected chi connectivity index (χ0v) is 10.2. The molecule has 0 aliphatic heterocycles. The third kappa shape index (κ3) is 5.26. The number of likely N-dealkylation sites (N-methyl/N-ethyl adjacent to an activating group) is 1. The van der Waals surface area contributed by atoms with Crippen molar-refractivity contribution in [2.75, 3.05) is 38.8 Å². The fourth-order valence-electron chi connectivity index (χ4n) is 1.27. The molecule has 1 aromatic rings. The first-order valence-corrected chi connectivity index (χ1v) is 5.48. The van der Waals surface area contributed by atoms with Crippen molar-refractivity contribution in [1.82, 2.24) is 15.3 Å². The van der Waals surface area contributed by atoms with Crippen LogP contribution in [0.2, 0.25) is 0 Å². The second-order valence-corrected chi connectivity index (χ2v) is 3.60. The molecule has 1 rings (SSSR count). The number of methoxy groups -OCH3 is 1. The summed E-state index contributed by atoms with van der Waals surface area (Å²) in [7, 11) is 3.42. The number of hydrogen-bond acceptors (Lipinski definition) is 5. The van der Waals surface area contributed by atoms with Gasteiger partial charge in [-0.15, -0.1) is 0 Å². The third-order valence-corrected chi connectivity index (χ3v) is 2.12. The predicted molar refractivity (Wildman–Crippen MR) is 64.8 cm³/mol. The number of ether oxygens (including phenoxy) is 1. The minimum absolute atomic E-state index is 0.0453. The van der Waals surface area contributed by atoms with Crippen LogP contribution in [0.1, 0.15) is 6.42 Å². The monoisotopic (exact) mass is 238 g/mol. The van der Waals surface area contributed by atoms with E-state index in [0.717, 1.165) is 6.42 Å². The van der Waals surface area contributed by atoms with E-state index in [4.69, 9.17) is 4.74 Å². The number of nitrogens with zero attached hydrogens (tertiary/aromatic N) is 3. The van der Waals surface area contributed by atoms with E-state index in [-0.39, 0.29) is 12.5 Å². The molecule has 1 amide bonds. The van der Waals surface area contributed by atoms with Gasteiger partial charge in [-0.25, -0.2) is 9.97 Å². The summed E-state index contributed by atoms with van der Waals surface area (Å²) in [6.07, 6.45) is 4.11. The second kappa shape index (κ2) is 7.56. The first-order valence-electron chi connectivity index (χ1n) is 5.48.